The Morgan fingerprint density at radius 1 is 1.27 bits per heavy atom. The number of hydrogen-bond donors (Lipinski definition) is 2. The molecule has 1 fully saturated rings. The molecule has 8 nitrogen and oxygen atoms in total. The maximum absolute atomic E-state index is 13.2. The number of benzene rings is 1. The summed E-state index contributed by atoms with van der Waals surface area (Å²) in [6, 6.07) is 7.66. The topological polar surface area (TPSA) is 90.1 Å². The highest BCUT2D eigenvalue weighted by Gasteiger charge is 2.36. The molecule has 4 rings (SSSR count). The number of nitrogens with zero attached hydrogens (tertiary/aromatic N) is 4. The molecule has 1 aliphatic rings. The Bertz CT molecular complexity index is 1060. The zero-order valence-electron chi connectivity index (χ0n) is 18.2. The number of aromatic nitrogens is 5. The number of hydrogen-bond acceptors (Lipinski definition) is 5. The van der Waals surface area contributed by atoms with E-state index in [9.17, 15) is 4.79 Å². The summed E-state index contributed by atoms with van der Waals surface area (Å²) in [6.07, 6.45) is 2.27. The van der Waals surface area contributed by atoms with Crippen molar-refractivity contribution < 1.29 is 9.64 Å². The van der Waals surface area contributed by atoms with Crippen LogP contribution in [0.25, 0.3) is 10.9 Å². The fourth-order valence-corrected chi connectivity index (χ4v) is 4.39. The predicted octanol–water partition coefficient (Wildman–Crippen LogP) is 1.90. The van der Waals surface area contributed by atoms with Crippen molar-refractivity contribution >= 4 is 10.9 Å². The lowest BCUT2D eigenvalue weighted by Crippen LogP contribution is -3.13. The molecule has 3 heterocycles. The van der Waals surface area contributed by atoms with Crippen LogP contribution in [0.3, 0.4) is 0 Å². The van der Waals surface area contributed by atoms with E-state index in [2.05, 4.69) is 41.3 Å². The Morgan fingerprint density at radius 3 is 2.73 bits per heavy atom. The summed E-state index contributed by atoms with van der Waals surface area (Å²) in [5.41, 5.74) is 1.43. The van der Waals surface area contributed by atoms with E-state index in [1.807, 2.05) is 35.9 Å². The monoisotopic (exact) mass is 411 g/mol. The van der Waals surface area contributed by atoms with Crippen LogP contribution in [0.1, 0.15) is 64.0 Å². The standard InChI is InChI=1S/C22H30N6O2/c1-5-30-17-6-7-19-16(12-17)13-18(22(29)23-19)20(27-10-8-15(4)9-11-27)21-24-25-26-28(21)14(2)3/h6-7,12-15,20H,5,8-11H2,1-4H3,(H,23,29)/p+1/t20-/m1/s1. The first-order valence-electron chi connectivity index (χ1n) is 10.9. The summed E-state index contributed by atoms with van der Waals surface area (Å²) < 4.78 is 7.51. The third kappa shape index (κ3) is 3.96. The number of H-pyrrole nitrogens is 1. The van der Waals surface area contributed by atoms with E-state index in [-0.39, 0.29) is 17.6 Å². The molecule has 0 spiro atoms. The van der Waals surface area contributed by atoms with Crippen LogP contribution in [-0.4, -0.2) is 44.9 Å². The number of aromatic amines is 1. The molecule has 1 atom stereocenters. The average molecular weight is 412 g/mol. The molecule has 1 saturated heterocycles. The second kappa shape index (κ2) is 8.55. The van der Waals surface area contributed by atoms with Gasteiger partial charge in [0.2, 0.25) is 5.82 Å². The summed E-state index contributed by atoms with van der Waals surface area (Å²) in [5.74, 6) is 2.25. The predicted molar refractivity (Wildman–Crippen MR) is 115 cm³/mol. The van der Waals surface area contributed by atoms with Gasteiger partial charge in [0.05, 0.1) is 31.3 Å². The fourth-order valence-electron chi connectivity index (χ4n) is 4.39. The van der Waals surface area contributed by atoms with Crippen molar-refractivity contribution in [1.29, 1.82) is 0 Å². The van der Waals surface area contributed by atoms with Crippen LogP contribution in [0.5, 0.6) is 5.75 Å². The highest BCUT2D eigenvalue weighted by Crippen LogP contribution is 2.24. The smallest absolute Gasteiger partial charge is 0.258 e. The molecule has 0 unspecified atom stereocenters. The molecule has 2 N–H and O–H groups in total. The van der Waals surface area contributed by atoms with Crippen LogP contribution < -0.4 is 15.2 Å². The number of quaternary nitrogens is 1. The van der Waals surface area contributed by atoms with E-state index in [1.165, 1.54) is 4.90 Å². The SMILES string of the molecule is CCOc1ccc2[nH]c(=O)c([C@H](c3nnnn3C(C)C)[NH+]3CCC(C)CC3)cc2c1. The van der Waals surface area contributed by atoms with Gasteiger partial charge in [0.1, 0.15) is 5.75 Å². The fraction of sp³-hybridized carbons (Fsp3) is 0.545. The van der Waals surface area contributed by atoms with E-state index in [0.29, 0.717) is 18.1 Å². The van der Waals surface area contributed by atoms with Gasteiger partial charge in [-0.3, -0.25) is 4.79 Å². The Morgan fingerprint density at radius 2 is 2.03 bits per heavy atom. The van der Waals surface area contributed by atoms with Crippen LogP contribution >= 0.6 is 0 Å². The normalized spacial score (nSPS) is 20.6. The third-order valence-electron chi connectivity index (χ3n) is 6.06. The second-order valence-electron chi connectivity index (χ2n) is 8.59. The molecular weight excluding hydrogens is 380 g/mol. The van der Waals surface area contributed by atoms with Crippen molar-refractivity contribution in [3.8, 4) is 5.75 Å². The highest BCUT2D eigenvalue weighted by molar-refractivity contribution is 5.80. The minimum atomic E-state index is -0.209. The van der Waals surface area contributed by atoms with Gasteiger partial charge in [0.15, 0.2) is 6.04 Å². The summed E-state index contributed by atoms with van der Waals surface area (Å²) in [6.45, 7) is 11.0. The molecule has 1 aliphatic heterocycles. The van der Waals surface area contributed by atoms with Gasteiger partial charge in [0.25, 0.3) is 5.56 Å². The van der Waals surface area contributed by atoms with Gasteiger partial charge in [-0.25, -0.2) is 4.68 Å². The first-order chi connectivity index (χ1) is 14.5. The largest absolute Gasteiger partial charge is 0.494 e. The maximum atomic E-state index is 13.2. The number of fused-ring (bicyclic) bond motifs is 1. The van der Waals surface area contributed by atoms with Crippen LogP contribution in [0.4, 0.5) is 0 Å². The maximum Gasteiger partial charge on any atom is 0.258 e. The molecule has 160 valence electrons. The number of tetrazole rings is 1. The highest BCUT2D eigenvalue weighted by atomic mass is 16.5. The average Bonchev–Trinajstić information content (AvgIpc) is 3.20. The van der Waals surface area contributed by atoms with Gasteiger partial charge in [0, 0.05) is 10.9 Å². The number of ether oxygens (including phenoxy) is 1. The number of nitrogens with one attached hydrogen (secondary N) is 2. The molecule has 8 heteroatoms. The molecular formula is C22H31N6O2+. The van der Waals surface area contributed by atoms with E-state index >= 15 is 0 Å². The number of pyridine rings is 1. The summed E-state index contributed by atoms with van der Waals surface area (Å²) in [4.78, 5) is 17.6. The Labute approximate surface area is 176 Å². The van der Waals surface area contributed by atoms with Crippen molar-refractivity contribution in [2.24, 2.45) is 5.92 Å². The molecule has 0 radical (unpaired) electrons. The Hall–Kier alpha value is -2.74. The molecule has 2 aromatic heterocycles. The van der Waals surface area contributed by atoms with Crippen molar-refractivity contribution in [3.05, 3.63) is 46.0 Å². The zero-order chi connectivity index (χ0) is 21.3. The van der Waals surface area contributed by atoms with Crippen molar-refractivity contribution in [1.82, 2.24) is 25.2 Å². The molecule has 0 aliphatic carbocycles. The first kappa shape index (κ1) is 20.5. The van der Waals surface area contributed by atoms with Crippen LogP contribution in [0, 0.1) is 5.92 Å². The van der Waals surface area contributed by atoms with Gasteiger partial charge in [-0.1, -0.05) is 6.92 Å². The minimum Gasteiger partial charge on any atom is -0.494 e. The first-order valence-corrected chi connectivity index (χ1v) is 10.9. The van der Waals surface area contributed by atoms with Crippen molar-refractivity contribution in [2.75, 3.05) is 19.7 Å². The molecule has 0 saturated carbocycles. The quantitative estimate of drug-likeness (QED) is 0.647. The van der Waals surface area contributed by atoms with Gasteiger partial charge in [-0.05, 0) is 74.2 Å². The summed E-state index contributed by atoms with van der Waals surface area (Å²) in [7, 11) is 0. The number of rotatable bonds is 6. The summed E-state index contributed by atoms with van der Waals surface area (Å²) in [5, 5.41) is 13.5. The third-order valence-corrected chi connectivity index (χ3v) is 6.06. The molecule has 30 heavy (non-hydrogen) atoms. The Kier molecular flexibility index (Phi) is 5.85. The van der Waals surface area contributed by atoms with Crippen LogP contribution in [-0.2, 0) is 0 Å². The summed E-state index contributed by atoms with van der Waals surface area (Å²) >= 11 is 0. The second-order valence-corrected chi connectivity index (χ2v) is 8.59. The van der Waals surface area contributed by atoms with Gasteiger partial charge < -0.3 is 14.6 Å². The molecule has 0 amide bonds. The van der Waals surface area contributed by atoms with E-state index in [4.69, 9.17) is 4.74 Å². The molecule has 1 aromatic carbocycles. The van der Waals surface area contributed by atoms with Gasteiger partial charge in [-0.15, -0.1) is 5.10 Å². The van der Waals surface area contributed by atoms with Gasteiger partial charge >= 0.3 is 0 Å². The molecule has 0 bridgehead atoms. The minimum absolute atomic E-state index is 0.0823. The van der Waals surface area contributed by atoms with Gasteiger partial charge in [-0.2, -0.15) is 0 Å². The lowest BCUT2D eigenvalue weighted by Gasteiger charge is -2.33. The number of likely N-dealkylation sites (tertiary alicyclic amines) is 1. The zero-order valence-corrected chi connectivity index (χ0v) is 18.2. The van der Waals surface area contributed by atoms with Crippen LogP contribution in [0.2, 0.25) is 0 Å². The Balaban J connectivity index is 1.85. The lowest BCUT2D eigenvalue weighted by atomic mass is 9.95. The van der Waals surface area contributed by atoms with E-state index < -0.39 is 0 Å². The van der Waals surface area contributed by atoms with E-state index in [1.54, 1.807) is 0 Å². The van der Waals surface area contributed by atoms with Crippen molar-refractivity contribution in [2.45, 2.75) is 52.6 Å². The lowest BCUT2D eigenvalue weighted by molar-refractivity contribution is -0.932. The van der Waals surface area contributed by atoms with Crippen molar-refractivity contribution in [3.63, 3.8) is 0 Å². The number of piperidine rings is 1. The molecule has 3 aromatic rings. The van der Waals surface area contributed by atoms with Crippen LogP contribution in [0.15, 0.2) is 29.1 Å². The van der Waals surface area contributed by atoms with E-state index in [0.717, 1.165) is 48.4 Å².